The summed E-state index contributed by atoms with van der Waals surface area (Å²) in [6.45, 7) is 3.83. The van der Waals surface area contributed by atoms with Crippen LogP contribution < -0.4 is 5.32 Å². The molecule has 1 aromatic carbocycles. The van der Waals surface area contributed by atoms with Crippen LogP contribution >= 0.6 is 15.9 Å². The van der Waals surface area contributed by atoms with Gasteiger partial charge < -0.3 is 10.4 Å². The smallest absolute Gasteiger partial charge is 0.335 e. The molecule has 15 heavy (non-hydrogen) atoms. The van der Waals surface area contributed by atoms with Crippen LogP contribution in [-0.4, -0.2) is 17.6 Å². The number of benzene rings is 1. The quantitative estimate of drug-likeness (QED) is 0.810. The molecule has 2 N–H and O–H groups in total. The summed E-state index contributed by atoms with van der Waals surface area (Å²) >= 11 is 3.36. The van der Waals surface area contributed by atoms with Crippen LogP contribution in [0.15, 0.2) is 22.7 Å². The Morgan fingerprint density at radius 1 is 1.53 bits per heavy atom. The summed E-state index contributed by atoms with van der Waals surface area (Å²) in [5.74, 6) is -0.899. The third-order valence-corrected chi connectivity index (χ3v) is 2.78. The molecule has 0 spiro atoms. The first kappa shape index (κ1) is 12.2. The van der Waals surface area contributed by atoms with E-state index in [0.29, 0.717) is 5.56 Å². The highest BCUT2D eigenvalue weighted by Gasteiger charge is 2.05. The zero-order valence-corrected chi connectivity index (χ0v) is 10.2. The molecule has 0 heterocycles. The lowest BCUT2D eigenvalue weighted by molar-refractivity contribution is 0.0697. The van der Waals surface area contributed by atoms with Crippen LogP contribution in [0.3, 0.4) is 0 Å². The summed E-state index contributed by atoms with van der Waals surface area (Å²) in [7, 11) is 0. The highest BCUT2D eigenvalue weighted by Crippen LogP contribution is 2.18. The first-order valence-electron chi connectivity index (χ1n) is 4.87. The summed E-state index contributed by atoms with van der Waals surface area (Å²) < 4.78 is 0.839. The van der Waals surface area contributed by atoms with Gasteiger partial charge >= 0.3 is 5.97 Å². The Bertz CT molecular complexity index is 352. The maximum Gasteiger partial charge on any atom is 0.335 e. The number of carbonyl (C=O) groups is 1. The SMILES string of the molecule is CCCNCc1ccc(C(=O)O)cc1Br. The summed E-state index contributed by atoms with van der Waals surface area (Å²) in [6.07, 6.45) is 1.09. The summed E-state index contributed by atoms with van der Waals surface area (Å²) in [4.78, 5) is 10.7. The molecular weight excluding hydrogens is 258 g/mol. The van der Waals surface area contributed by atoms with Crippen molar-refractivity contribution in [3.05, 3.63) is 33.8 Å². The Labute approximate surface area is 97.6 Å². The number of carboxylic acids is 1. The van der Waals surface area contributed by atoms with E-state index in [4.69, 9.17) is 5.11 Å². The minimum atomic E-state index is -0.899. The van der Waals surface area contributed by atoms with Crippen LogP contribution in [-0.2, 0) is 6.54 Å². The van der Waals surface area contributed by atoms with Crippen molar-refractivity contribution in [2.75, 3.05) is 6.54 Å². The van der Waals surface area contributed by atoms with Gasteiger partial charge in [-0.05, 0) is 30.7 Å². The molecule has 0 fully saturated rings. The fraction of sp³-hybridized carbons (Fsp3) is 0.364. The first-order valence-corrected chi connectivity index (χ1v) is 5.67. The Hall–Kier alpha value is -0.870. The van der Waals surface area contributed by atoms with Gasteiger partial charge in [-0.15, -0.1) is 0 Å². The minimum Gasteiger partial charge on any atom is -0.478 e. The third kappa shape index (κ3) is 3.64. The van der Waals surface area contributed by atoms with E-state index >= 15 is 0 Å². The van der Waals surface area contributed by atoms with Gasteiger partial charge in [-0.2, -0.15) is 0 Å². The van der Waals surface area contributed by atoms with Crippen molar-refractivity contribution in [3.63, 3.8) is 0 Å². The van der Waals surface area contributed by atoms with E-state index in [0.717, 1.165) is 29.5 Å². The van der Waals surface area contributed by atoms with Crippen molar-refractivity contribution in [2.45, 2.75) is 19.9 Å². The predicted molar refractivity (Wildman–Crippen MR) is 63.1 cm³/mol. The first-order chi connectivity index (χ1) is 7.15. The lowest BCUT2D eigenvalue weighted by atomic mass is 10.1. The zero-order chi connectivity index (χ0) is 11.3. The molecule has 0 amide bonds. The molecule has 0 saturated carbocycles. The minimum absolute atomic E-state index is 0.307. The Morgan fingerprint density at radius 2 is 2.27 bits per heavy atom. The van der Waals surface area contributed by atoms with Crippen LogP contribution in [0.4, 0.5) is 0 Å². The molecule has 0 atom stereocenters. The maximum absolute atomic E-state index is 10.7. The van der Waals surface area contributed by atoms with E-state index in [1.54, 1.807) is 12.1 Å². The van der Waals surface area contributed by atoms with E-state index in [2.05, 4.69) is 28.2 Å². The van der Waals surface area contributed by atoms with E-state index in [-0.39, 0.29) is 0 Å². The van der Waals surface area contributed by atoms with E-state index in [9.17, 15) is 4.79 Å². The summed E-state index contributed by atoms with van der Waals surface area (Å²) in [5.41, 5.74) is 1.38. The second-order valence-corrected chi connectivity index (χ2v) is 4.14. The molecule has 0 unspecified atom stereocenters. The van der Waals surface area contributed by atoms with Crippen LogP contribution in [0.1, 0.15) is 29.3 Å². The molecule has 0 aliphatic carbocycles. The van der Waals surface area contributed by atoms with Gasteiger partial charge in [-0.1, -0.05) is 28.9 Å². The van der Waals surface area contributed by atoms with Crippen molar-refractivity contribution in [2.24, 2.45) is 0 Å². The largest absolute Gasteiger partial charge is 0.478 e. The zero-order valence-electron chi connectivity index (χ0n) is 8.59. The molecule has 1 rings (SSSR count). The molecule has 0 aliphatic heterocycles. The van der Waals surface area contributed by atoms with Gasteiger partial charge in [-0.3, -0.25) is 0 Å². The van der Waals surface area contributed by atoms with E-state index in [1.807, 2.05) is 6.07 Å². The van der Waals surface area contributed by atoms with Crippen molar-refractivity contribution in [3.8, 4) is 0 Å². The number of rotatable bonds is 5. The number of carboxylic acid groups (broad SMARTS) is 1. The second-order valence-electron chi connectivity index (χ2n) is 3.29. The van der Waals surface area contributed by atoms with Crippen LogP contribution in [0, 0.1) is 0 Å². The molecular formula is C11H14BrNO2. The molecule has 0 bridgehead atoms. The monoisotopic (exact) mass is 271 g/mol. The lowest BCUT2D eigenvalue weighted by Gasteiger charge is -2.06. The predicted octanol–water partition coefficient (Wildman–Crippen LogP) is 2.65. The molecule has 0 aromatic heterocycles. The van der Waals surface area contributed by atoms with Crippen LogP contribution in [0.5, 0.6) is 0 Å². The third-order valence-electron chi connectivity index (χ3n) is 2.04. The molecule has 0 aliphatic rings. The topological polar surface area (TPSA) is 49.3 Å². The molecule has 0 saturated heterocycles. The maximum atomic E-state index is 10.7. The van der Waals surface area contributed by atoms with Crippen LogP contribution in [0.25, 0.3) is 0 Å². The average molecular weight is 272 g/mol. The molecule has 82 valence electrons. The second kappa shape index (κ2) is 5.88. The van der Waals surface area contributed by atoms with Gasteiger partial charge in [0.25, 0.3) is 0 Å². The highest BCUT2D eigenvalue weighted by molar-refractivity contribution is 9.10. The van der Waals surface area contributed by atoms with Crippen molar-refractivity contribution < 1.29 is 9.90 Å². The van der Waals surface area contributed by atoms with Gasteiger partial charge in [0.05, 0.1) is 5.56 Å². The molecule has 0 radical (unpaired) electrons. The van der Waals surface area contributed by atoms with E-state index in [1.165, 1.54) is 0 Å². The molecule has 3 nitrogen and oxygen atoms in total. The van der Waals surface area contributed by atoms with Crippen molar-refractivity contribution >= 4 is 21.9 Å². The molecule has 1 aromatic rings. The Morgan fingerprint density at radius 3 is 2.80 bits per heavy atom. The highest BCUT2D eigenvalue weighted by atomic mass is 79.9. The fourth-order valence-electron chi connectivity index (χ4n) is 1.22. The van der Waals surface area contributed by atoms with Gasteiger partial charge in [0.1, 0.15) is 0 Å². The van der Waals surface area contributed by atoms with Gasteiger partial charge in [0.2, 0.25) is 0 Å². The normalized spacial score (nSPS) is 10.3. The van der Waals surface area contributed by atoms with Gasteiger partial charge in [0.15, 0.2) is 0 Å². The van der Waals surface area contributed by atoms with Gasteiger partial charge in [-0.25, -0.2) is 4.79 Å². The number of hydrogen-bond donors (Lipinski definition) is 2. The van der Waals surface area contributed by atoms with Crippen molar-refractivity contribution in [1.29, 1.82) is 0 Å². The number of hydrogen-bond acceptors (Lipinski definition) is 2. The summed E-state index contributed by atoms with van der Waals surface area (Å²) in [6, 6.07) is 5.08. The van der Waals surface area contributed by atoms with Crippen LogP contribution in [0.2, 0.25) is 0 Å². The molecule has 4 heteroatoms. The fourth-order valence-corrected chi connectivity index (χ4v) is 1.74. The number of halogens is 1. The number of nitrogens with one attached hydrogen (secondary N) is 1. The number of aromatic carboxylic acids is 1. The van der Waals surface area contributed by atoms with Crippen molar-refractivity contribution in [1.82, 2.24) is 5.32 Å². The Kier molecular flexibility index (Phi) is 4.78. The van der Waals surface area contributed by atoms with E-state index < -0.39 is 5.97 Å². The summed E-state index contributed by atoms with van der Waals surface area (Å²) in [5, 5.41) is 12.0. The standard InChI is InChI=1S/C11H14BrNO2/c1-2-5-13-7-9-4-3-8(11(14)15)6-10(9)12/h3-4,6,13H,2,5,7H2,1H3,(H,14,15). The Balaban J connectivity index is 2.70. The van der Waals surface area contributed by atoms with Gasteiger partial charge in [0, 0.05) is 11.0 Å². The average Bonchev–Trinajstić information content (AvgIpc) is 2.20. The lowest BCUT2D eigenvalue weighted by Crippen LogP contribution is -2.14.